The number of carbonyl (C=O) groups is 1. The molecule has 1 rings (SSSR count). The van der Waals surface area contributed by atoms with Gasteiger partial charge in [0.05, 0.1) is 5.54 Å². The van der Waals surface area contributed by atoms with Crippen LogP contribution in [0.4, 0.5) is 0 Å². The lowest BCUT2D eigenvalue weighted by molar-refractivity contribution is -0.119. The number of primary amides is 1. The first-order chi connectivity index (χ1) is 7.58. The minimum Gasteiger partial charge on any atom is -0.370 e. The summed E-state index contributed by atoms with van der Waals surface area (Å²) in [6.45, 7) is 4.91. The van der Waals surface area contributed by atoms with Crippen molar-refractivity contribution in [1.29, 1.82) is 0 Å². The molecule has 4 heteroatoms. The van der Waals surface area contributed by atoms with Gasteiger partial charge < -0.3 is 11.1 Å². The zero-order chi connectivity index (χ0) is 12.0. The van der Waals surface area contributed by atoms with Crippen molar-refractivity contribution in [1.82, 2.24) is 10.3 Å². The van der Waals surface area contributed by atoms with Crippen molar-refractivity contribution in [3.63, 3.8) is 0 Å². The van der Waals surface area contributed by atoms with Crippen LogP contribution < -0.4 is 11.1 Å². The van der Waals surface area contributed by atoms with Crippen molar-refractivity contribution in [3.05, 3.63) is 30.1 Å². The third-order valence-corrected chi connectivity index (χ3v) is 2.59. The molecule has 1 unspecified atom stereocenters. The van der Waals surface area contributed by atoms with Gasteiger partial charge >= 0.3 is 0 Å². The number of carbonyl (C=O) groups excluding carboxylic acids is 1. The monoisotopic (exact) mass is 221 g/mol. The third-order valence-electron chi connectivity index (χ3n) is 2.59. The predicted molar refractivity (Wildman–Crippen MR) is 63.7 cm³/mol. The molecule has 1 heterocycles. The summed E-state index contributed by atoms with van der Waals surface area (Å²) >= 11 is 0. The van der Waals surface area contributed by atoms with Gasteiger partial charge in [0, 0.05) is 18.8 Å². The van der Waals surface area contributed by atoms with Gasteiger partial charge in [0.15, 0.2) is 0 Å². The molecule has 0 aliphatic carbocycles. The fourth-order valence-electron chi connectivity index (χ4n) is 1.71. The highest BCUT2D eigenvalue weighted by molar-refractivity contribution is 5.75. The predicted octanol–water partition coefficient (Wildman–Crippen LogP) is 1.17. The van der Waals surface area contributed by atoms with Crippen LogP contribution in [0.3, 0.4) is 0 Å². The van der Waals surface area contributed by atoms with Crippen molar-refractivity contribution in [2.75, 3.05) is 6.54 Å². The first-order valence-electron chi connectivity index (χ1n) is 5.52. The lowest BCUT2D eigenvalue weighted by atomic mass is 9.89. The Kier molecular flexibility index (Phi) is 4.43. The summed E-state index contributed by atoms with van der Waals surface area (Å²) in [4.78, 5) is 15.2. The van der Waals surface area contributed by atoms with Gasteiger partial charge in [-0.25, -0.2) is 0 Å². The van der Waals surface area contributed by atoms with E-state index in [2.05, 4.69) is 17.2 Å². The summed E-state index contributed by atoms with van der Waals surface area (Å²) in [7, 11) is 0. The largest absolute Gasteiger partial charge is 0.370 e. The smallest absolute Gasteiger partial charge is 0.219 e. The lowest BCUT2D eigenvalue weighted by Gasteiger charge is -2.30. The van der Waals surface area contributed by atoms with E-state index in [0.29, 0.717) is 0 Å². The van der Waals surface area contributed by atoms with Crippen molar-refractivity contribution < 1.29 is 4.79 Å². The Labute approximate surface area is 96.3 Å². The van der Waals surface area contributed by atoms with E-state index in [1.54, 1.807) is 12.4 Å². The van der Waals surface area contributed by atoms with Gasteiger partial charge in [0.2, 0.25) is 5.91 Å². The minimum atomic E-state index is -0.421. The molecule has 0 bridgehead atoms. The van der Waals surface area contributed by atoms with E-state index in [0.717, 1.165) is 18.5 Å². The molecule has 0 aliphatic rings. The van der Waals surface area contributed by atoms with Crippen LogP contribution in [0.15, 0.2) is 24.5 Å². The van der Waals surface area contributed by atoms with Crippen LogP contribution in [0.25, 0.3) is 0 Å². The average Bonchev–Trinajstić information content (AvgIpc) is 2.27. The van der Waals surface area contributed by atoms with Crippen molar-refractivity contribution in [2.45, 2.75) is 32.2 Å². The van der Waals surface area contributed by atoms with Crippen LogP contribution in [-0.2, 0) is 10.3 Å². The van der Waals surface area contributed by atoms with Gasteiger partial charge in [-0.1, -0.05) is 13.0 Å². The number of pyridine rings is 1. The number of aromatic nitrogens is 1. The molecule has 1 aromatic heterocycles. The zero-order valence-corrected chi connectivity index (χ0v) is 9.86. The SMILES string of the molecule is CCCNC(C)(CC(N)=O)c1cccnc1. The van der Waals surface area contributed by atoms with Crippen LogP contribution in [0, 0.1) is 0 Å². The summed E-state index contributed by atoms with van der Waals surface area (Å²) < 4.78 is 0. The molecule has 1 amide bonds. The highest BCUT2D eigenvalue weighted by Gasteiger charge is 2.27. The molecule has 1 aromatic rings. The number of hydrogen-bond acceptors (Lipinski definition) is 3. The second kappa shape index (κ2) is 5.61. The van der Waals surface area contributed by atoms with E-state index in [4.69, 9.17) is 5.73 Å². The Morgan fingerprint density at radius 3 is 2.88 bits per heavy atom. The standard InChI is InChI=1S/C12H19N3O/c1-3-6-15-12(2,8-11(13)16)10-5-4-7-14-9-10/h4-5,7,9,15H,3,6,8H2,1-2H3,(H2,13,16). The maximum absolute atomic E-state index is 11.1. The number of amides is 1. The van der Waals surface area contributed by atoms with Gasteiger partial charge in [0.1, 0.15) is 0 Å². The van der Waals surface area contributed by atoms with Crippen molar-refractivity contribution >= 4 is 5.91 Å². The lowest BCUT2D eigenvalue weighted by Crippen LogP contribution is -2.43. The molecule has 0 saturated heterocycles. The maximum atomic E-state index is 11.1. The van der Waals surface area contributed by atoms with Crippen molar-refractivity contribution in [3.8, 4) is 0 Å². The van der Waals surface area contributed by atoms with Crippen LogP contribution in [0.1, 0.15) is 32.3 Å². The molecule has 3 N–H and O–H groups in total. The molecule has 16 heavy (non-hydrogen) atoms. The van der Waals surface area contributed by atoms with Gasteiger partial charge in [0.25, 0.3) is 0 Å². The molecule has 88 valence electrons. The fourth-order valence-corrected chi connectivity index (χ4v) is 1.71. The molecule has 0 aromatic carbocycles. The number of hydrogen-bond donors (Lipinski definition) is 2. The molecular formula is C12H19N3O. The molecule has 0 fully saturated rings. The molecule has 0 radical (unpaired) electrons. The number of nitrogens with one attached hydrogen (secondary N) is 1. The van der Waals surface area contributed by atoms with Crippen LogP contribution >= 0.6 is 0 Å². The van der Waals surface area contributed by atoms with Crippen LogP contribution in [0.2, 0.25) is 0 Å². The Hall–Kier alpha value is -1.42. The summed E-state index contributed by atoms with van der Waals surface area (Å²) in [6, 6.07) is 3.82. The van der Waals surface area contributed by atoms with Gasteiger partial charge in [-0.15, -0.1) is 0 Å². The molecule has 0 saturated carbocycles. The summed E-state index contributed by atoms with van der Waals surface area (Å²) in [6.07, 6.45) is 4.77. The summed E-state index contributed by atoms with van der Waals surface area (Å²) in [5.41, 5.74) is 5.86. The number of nitrogens with two attached hydrogens (primary N) is 1. The number of rotatable bonds is 6. The molecule has 0 spiro atoms. The highest BCUT2D eigenvalue weighted by Crippen LogP contribution is 2.23. The maximum Gasteiger partial charge on any atom is 0.219 e. The number of nitrogens with zero attached hydrogens (tertiary/aromatic N) is 1. The Bertz CT molecular complexity index is 339. The summed E-state index contributed by atoms with van der Waals surface area (Å²) in [5, 5.41) is 3.35. The third kappa shape index (κ3) is 3.31. The molecular weight excluding hydrogens is 202 g/mol. The quantitative estimate of drug-likeness (QED) is 0.757. The first kappa shape index (κ1) is 12.6. The van der Waals surface area contributed by atoms with Crippen molar-refractivity contribution in [2.24, 2.45) is 5.73 Å². The minimum absolute atomic E-state index is 0.276. The van der Waals surface area contributed by atoms with E-state index in [1.165, 1.54) is 0 Å². The Balaban J connectivity index is 2.90. The fraction of sp³-hybridized carbons (Fsp3) is 0.500. The second-order valence-corrected chi connectivity index (χ2v) is 4.14. The van der Waals surface area contributed by atoms with E-state index in [9.17, 15) is 4.79 Å². The van der Waals surface area contributed by atoms with E-state index >= 15 is 0 Å². The zero-order valence-electron chi connectivity index (χ0n) is 9.86. The first-order valence-corrected chi connectivity index (χ1v) is 5.52. The van der Waals surface area contributed by atoms with Crippen LogP contribution in [-0.4, -0.2) is 17.4 Å². The van der Waals surface area contributed by atoms with E-state index < -0.39 is 5.54 Å². The van der Waals surface area contributed by atoms with Gasteiger partial charge in [-0.05, 0) is 31.5 Å². The van der Waals surface area contributed by atoms with E-state index in [1.807, 2.05) is 19.1 Å². The molecule has 4 nitrogen and oxygen atoms in total. The Morgan fingerprint density at radius 2 is 2.38 bits per heavy atom. The van der Waals surface area contributed by atoms with Gasteiger partial charge in [-0.3, -0.25) is 9.78 Å². The topological polar surface area (TPSA) is 68.0 Å². The Morgan fingerprint density at radius 1 is 1.62 bits per heavy atom. The second-order valence-electron chi connectivity index (χ2n) is 4.14. The molecule has 1 atom stereocenters. The highest BCUT2D eigenvalue weighted by atomic mass is 16.1. The average molecular weight is 221 g/mol. The van der Waals surface area contributed by atoms with Crippen LogP contribution in [0.5, 0.6) is 0 Å². The molecule has 0 aliphatic heterocycles. The van der Waals surface area contributed by atoms with Gasteiger partial charge in [-0.2, -0.15) is 0 Å². The summed E-state index contributed by atoms with van der Waals surface area (Å²) in [5.74, 6) is -0.310. The van der Waals surface area contributed by atoms with E-state index in [-0.39, 0.29) is 12.3 Å². The normalized spacial score (nSPS) is 14.4.